The summed E-state index contributed by atoms with van der Waals surface area (Å²) in [4.78, 5) is 30.0. The first-order valence-corrected chi connectivity index (χ1v) is 8.61. The lowest BCUT2D eigenvalue weighted by Crippen LogP contribution is -2.54. The van der Waals surface area contributed by atoms with E-state index in [0.717, 1.165) is 5.56 Å². The molecule has 3 amide bonds. The summed E-state index contributed by atoms with van der Waals surface area (Å²) in [5.74, 6) is -0.173. The second-order valence-corrected chi connectivity index (χ2v) is 5.95. The number of rotatable bonds is 5. The highest BCUT2D eigenvalue weighted by Crippen LogP contribution is 2.10. The van der Waals surface area contributed by atoms with Crippen molar-refractivity contribution in [2.45, 2.75) is 26.7 Å². The molecule has 1 saturated heterocycles. The molecule has 0 saturated carbocycles. The van der Waals surface area contributed by atoms with Crippen LogP contribution in [0.1, 0.15) is 25.8 Å². The molecule has 6 heteroatoms. The number of piperazine rings is 1. The maximum Gasteiger partial charge on any atom is 0.320 e. The van der Waals surface area contributed by atoms with E-state index in [1.807, 2.05) is 23.6 Å². The summed E-state index contributed by atoms with van der Waals surface area (Å²) in [7, 11) is 0. The van der Waals surface area contributed by atoms with Crippen LogP contribution in [0.4, 0.5) is 9.18 Å². The normalized spacial score (nSPS) is 14.6. The summed E-state index contributed by atoms with van der Waals surface area (Å²) in [5, 5.41) is 0. The van der Waals surface area contributed by atoms with E-state index in [9.17, 15) is 14.0 Å². The van der Waals surface area contributed by atoms with E-state index in [0.29, 0.717) is 52.1 Å². The van der Waals surface area contributed by atoms with Crippen LogP contribution < -0.4 is 0 Å². The minimum atomic E-state index is -0.265. The van der Waals surface area contributed by atoms with Gasteiger partial charge in [0.05, 0.1) is 0 Å². The Balaban J connectivity index is 1.78. The highest BCUT2D eigenvalue weighted by atomic mass is 19.1. The van der Waals surface area contributed by atoms with Crippen molar-refractivity contribution in [1.29, 1.82) is 0 Å². The van der Waals surface area contributed by atoms with Crippen LogP contribution in [-0.2, 0) is 11.2 Å². The Hall–Kier alpha value is -2.11. The number of urea groups is 1. The molecule has 1 aromatic rings. The van der Waals surface area contributed by atoms with Crippen molar-refractivity contribution in [3.8, 4) is 0 Å². The van der Waals surface area contributed by atoms with Gasteiger partial charge in [-0.2, -0.15) is 0 Å². The van der Waals surface area contributed by atoms with Gasteiger partial charge in [0.15, 0.2) is 0 Å². The van der Waals surface area contributed by atoms with Crippen LogP contribution in [0.3, 0.4) is 0 Å². The van der Waals surface area contributed by atoms with E-state index in [1.165, 1.54) is 12.1 Å². The summed E-state index contributed by atoms with van der Waals surface area (Å²) in [6, 6.07) is 6.31. The predicted octanol–water partition coefficient (Wildman–Crippen LogP) is 2.36. The van der Waals surface area contributed by atoms with Crippen molar-refractivity contribution < 1.29 is 14.0 Å². The Kier molecular flexibility index (Phi) is 6.58. The van der Waals surface area contributed by atoms with Crippen LogP contribution in [0, 0.1) is 5.82 Å². The van der Waals surface area contributed by atoms with Crippen molar-refractivity contribution in [1.82, 2.24) is 14.7 Å². The van der Waals surface area contributed by atoms with Gasteiger partial charge in [-0.1, -0.05) is 12.1 Å². The van der Waals surface area contributed by atoms with E-state index in [-0.39, 0.29) is 17.8 Å². The average Bonchev–Trinajstić information content (AvgIpc) is 2.62. The fraction of sp³-hybridized carbons (Fsp3) is 0.556. The molecule has 0 unspecified atom stereocenters. The van der Waals surface area contributed by atoms with Crippen LogP contribution >= 0.6 is 0 Å². The molecule has 1 aliphatic heterocycles. The van der Waals surface area contributed by atoms with Gasteiger partial charge in [-0.3, -0.25) is 4.79 Å². The second kappa shape index (κ2) is 8.66. The van der Waals surface area contributed by atoms with E-state index in [4.69, 9.17) is 0 Å². The average molecular weight is 335 g/mol. The molecular weight excluding hydrogens is 309 g/mol. The zero-order chi connectivity index (χ0) is 17.5. The number of carbonyl (C=O) groups excluding carboxylic acids is 2. The lowest BCUT2D eigenvalue weighted by Gasteiger charge is -2.37. The van der Waals surface area contributed by atoms with E-state index in [2.05, 4.69) is 0 Å². The van der Waals surface area contributed by atoms with Crippen LogP contribution in [-0.4, -0.2) is 65.9 Å². The monoisotopic (exact) mass is 335 g/mol. The fourth-order valence-corrected chi connectivity index (χ4v) is 2.90. The lowest BCUT2D eigenvalue weighted by atomic mass is 10.1. The molecule has 132 valence electrons. The molecule has 0 aliphatic carbocycles. The second-order valence-electron chi connectivity index (χ2n) is 5.95. The van der Waals surface area contributed by atoms with Gasteiger partial charge < -0.3 is 14.7 Å². The summed E-state index contributed by atoms with van der Waals surface area (Å²) in [6.07, 6.45) is 1.02. The fourth-order valence-electron chi connectivity index (χ4n) is 2.90. The minimum absolute atomic E-state index is 0.0541. The third kappa shape index (κ3) is 4.69. The van der Waals surface area contributed by atoms with Crippen molar-refractivity contribution >= 4 is 11.9 Å². The molecule has 0 radical (unpaired) electrons. The van der Waals surface area contributed by atoms with Crippen LogP contribution in [0.25, 0.3) is 0 Å². The molecule has 1 aliphatic rings. The number of carbonyl (C=O) groups is 2. The molecule has 0 aromatic heterocycles. The number of halogens is 1. The smallest absolute Gasteiger partial charge is 0.320 e. The molecule has 0 bridgehead atoms. The Labute approximate surface area is 143 Å². The van der Waals surface area contributed by atoms with Gasteiger partial charge in [-0.05, 0) is 38.0 Å². The Morgan fingerprint density at radius 3 is 2.08 bits per heavy atom. The molecule has 24 heavy (non-hydrogen) atoms. The lowest BCUT2D eigenvalue weighted by molar-refractivity contribution is -0.132. The van der Waals surface area contributed by atoms with E-state index < -0.39 is 0 Å². The minimum Gasteiger partial charge on any atom is -0.339 e. The molecule has 0 atom stereocenters. The first-order valence-electron chi connectivity index (χ1n) is 8.61. The van der Waals surface area contributed by atoms with Gasteiger partial charge >= 0.3 is 6.03 Å². The van der Waals surface area contributed by atoms with E-state index >= 15 is 0 Å². The maximum atomic E-state index is 12.9. The summed E-state index contributed by atoms with van der Waals surface area (Å²) < 4.78 is 12.9. The van der Waals surface area contributed by atoms with Crippen molar-refractivity contribution in [2.75, 3.05) is 39.3 Å². The number of nitrogens with zero attached hydrogens (tertiary/aromatic N) is 3. The molecule has 1 aromatic carbocycles. The number of hydrogen-bond acceptors (Lipinski definition) is 2. The number of amides is 3. The van der Waals surface area contributed by atoms with E-state index in [1.54, 1.807) is 17.0 Å². The molecule has 0 spiro atoms. The van der Waals surface area contributed by atoms with Gasteiger partial charge in [0.2, 0.25) is 5.91 Å². The van der Waals surface area contributed by atoms with Crippen LogP contribution in [0.5, 0.6) is 0 Å². The van der Waals surface area contributed by atoms with Gasteiger partial charge in [-0.15, -0.1) is 0 Å². The van der Waals surface area contributed by atoms with Crippen LogP contribution in [0.2, 0.25) is 0 Å². The van der Waals surface area contributed by atoms with Gasteiger partial charge in [0.25, 0.3) is 0 Å². The summed E-state index contributed by atoms with van der Waals surface area (Å²) >= 11 is 0. The first-order chi connectivity index (χ1) is 11.5. The molecule has 5 nitrogen and oxygen atoms in total. The van der Waals surface area contributed by atoms with Crippen molar-refractivity contribution in [2.24, 2.45) is 0 Å². The maximum absolute atomic E-state index is 12.9. The Morgan fingerprint density at radius 2 is 1.54 bits per heavy atom. The molecular formula is C18H26FN3O2. The number of aryl methyl sites for hydroxylation is 1. The highest BCUT2D eigenvalue weighted by molar-refractivity contribution is 5.78. The third-order valence-electron chi connectivity index (χ3n) is 4.48. The summed E-state index contributed by atoms with van der Waals surface area (Å²) in [6.45, 7) is 7.66. The van der Waals surface area contributed by atoms with Gasteiger partial charge in [0.1, 0.15) is 5.82 Å². The zero-order valence-corrected chi connectivity index (χ0v) is 14.5. The van der Waals surface area contributed by atoms with Crippen LogP contribution in [0.15, 0.2) is 24.3 Å². The third-order valence-corrected chi connectivity index (χ3v) is 4.48. The topological polar surface area (TPSA) is 43.9 Å². The summed E-state index contributed by atoms with van der Waals surface area (Å²) in [5.41, 5.74) is 0.958. The largest absolute Gasteiger partial charge is 0.339 e. The molecule has 2 rings (SSSR count). The Morgan fingerprint density at radius 1 is 1.00 bits per heavy atom. The quantitative estimate of drug-likeness (QED) is 0.829. The standard InChI is InChI=1S/C18H26FN3O2/c1-3-20(4-2)18(24)22-13-11-21(12-14-22)17(23)10-7-15-5-8-16(19)9-6-15/h5-6,8-9H,3-4,7,10-14H2,1-2H3. The number of benzene rings is 1. The molecule has 1 fully saturated rings. The first kappa shape index (κ1) is 18.2. The number of hydrogen-bond donors (Lipinski definition) is 0. The SMILES string of the molecule is CCN(CC)C(=O)N1CCN(C(=O)CCc2ccc(F)cc2)CC1. The van der Waals surface area contributed by atoms with Gasteiger partial charge in [0, 0.05) is 45.7 Å². The van der Waals surface area contributed by atoms with Crippen molar-refractivity contribution in [3.05, 3.63) is 35.6 Å². The highest BCUT2D eigenvalue weighted by Gasteiger charge is 2.25. The predicted molar refractivity (Wildman–Crippen MR) is 91.2 cm³/mol. The molecule has 0 N–H and O–H groups in total. The molecule has 1 heterocycles. The van der Waals surface area contributed by atoms with Gasteiger partial charge in [-0.25, -0.2) is 9.18 Å². The Bertz CT molecular complexity index is 550. The van der Waals surface area contributed by atoms with Crippen molar-refractivity contribution in [3.63, 3.8) is 0 Å². The zero-order valence-electron chi connectivity index (χ0n) is 14.5.